The Morgan fingerprint density at radius 1 is 1.14 bits per heavy atom. The molecule has 3 nitrogen and oxygen atoms in total. The average molecular weight is 280 g/mol. The topological polar surface area (TPSA) is 42.0 Å². The third-order valence-electron chi connectivity index (χ3n) is 3.23. The van der Waals surface area contributed by atoms with Crippen molar-refractivity contribution >= 4 is 22.5 Å². The molecule has 0 radical (unpaired) electrons. The highest BCUT2D eigenvalue weighted by Crippen LogP contribution is 2.18. The first-order valence-electron chi connectivity index (χ1n) is 6.56. The Bertz CT molecular complexity index is 830. The number of rotatable bonds is 2. The third kappa shape index (κ3) is 2.74. The molecule has 3 aromatic rings. The molecule has 1 aromatic heterocycles. The van der Waals surface area contributed by atoms with Gasteiger partial charge in [-0.25, -0.2) is 4.39 Å². The summed E-state index contributed by atoms with van der Waals surface area (Å²) in [6, 6.07) is 13.7. The zero-order chi connectivity index (χ0) is 14.8. The van der Waals surface area contributed by atoms with Crippen molar-refractivity contribution in [1.82, 2.24) is 4.98 Å². The minimum atomic E-state index is -0.519. The Morgan fingerprint density at radius 2 is 2.00 bits per heavy atom. The molecule has 1 amide bonds. The van der Waals surface area contributed by atoms with E-state index in [1.165, 1.54) is 12.1 Å². The van der Waals surface area contributed by atoms with Gasteiger partial charge in [-0.1, -0.05) is 12.1 Å². The SMILES string of the molecule is Cc1ccc(C(=O)Nc2ccc3ncccc3c2)c(F)c1. The van der Waals surface area contributed by atoms with Crippen LogP contribution >= 0.6 is 0 Å². The van der Waals surface area contributed by atoms with E-state index >= 15 is 0 Å². The van der Waals surface area contributed by atoms with Crippen molar-refractivity contribution in [2.75, 3.05) is 5.32 Å². The van der Waals surface area contributed by atoms with Crippen LogP contribution in [0.3, 0.4) is 0 Å². The Morgan fingerprint density at radius 3 is 2.81 bits per heavy atom. The number of nitrogens with one attached hydrogen (secondary N) is 1. The minimum absolute atomic E-state index is 0.0342. The molecule has 2 aromatic carbocycles. The number of carbonyl (C=O) groups excluding carboxylic acids is 1. The van der Waals surface area contributed by atoms with Gasteiger partial charge in [0.15, 0.2) is 0 Å². The van der Waals surface area contributed by atoms with Crippen LogP contribution in [0.1, 0.15) is 15.9 Å². The smallest absolute Gasteiger partial charge is 0.258 e. The quantitative estimate of drug-likeness (QED) is 0.772. The molecule has 0 unspecified atom stereocenters. The van der Waals surface area contributed by atoms with Crippen molar-refractivity contribution in [3.8, 4) is 0 Å². The minimum Gasteiger partial charge on any atom is -0.322 e. The predicted octanol–water partition coefficient (Wildman–Crippen LogP) is 3.93. The second-order valence-electron chi connectivity index (χ2n) is 4.85. The number of hydrogen-bond acceptors (Lipinski definition) is 2. The van der Waals surface area contributed by atoms with Gasteiger partial charge in [0.05, 0.1) is 11.1 Å². The van der Waals surface area contributed by atoms with Crippen LogP contribution in [0.5, 0.6) is 0 Å². The molecular weight excluding hydrogens is 267 g/mol. The summed E-state index contributed by atoms with van der Waals surface area (Å²) in [6.45, 7) is 1.78. The van der Waals surface area contributed by atoms with Crippen LogP contribution in [0, 0.1) is 12.7 Å². The molecule has 0 aliphatic heterocycles. The monoisotopic (exact) mass is 280 g/mol. The van der Waals surface area contributed by atoms with E-state index < -0.39 is 11.7 Å². The molecule has 104 valence electrons. The van der Waals surface area contributed by atoms with Crippen LogP contribution in [-0.2, 0) is 0 Å². The number of halogens is 1. The van der Waals surface area contributed by atoms with Gasteiger partial charge < -0.3 is 5.32 Å². The van der Waals surface area contributed by atoms with Crippen molar-refractivity contribution in [3.05, 3.63) is 71.7 Å². The van der Waals surface area contributed by atoms with Crippen molar-refractivity contribution in [2.45, 2.75) is 6.92 Å². The number of hydrogen-bond donors (Lipinski definition) is 1. The molecule has 0 saturated heterocycles. The molecule has 21 heavy (non-hydrogen) atoms. The van der Waals surface area contributed by atoms with Crippen LogP contribution in [0.4, 0.5) is 10.1 Å². The standard InChI is InChI=1S/C17H13FN2O/c1-11-4-6-14(15(18)9-11)17(21)20-13-5-7-16-12(10-13)3-2-8-19-16/h2-10H,1H3,(H,20,21). The Kier molecular flexibility index (Phi) is 3.36. The molecule has 0 fully saturated rings. The lowest BCUT2D eigenvalue weighted by molar-refractivity contribution is 0.102. The van der Waals surface area contributed by atoms with Gasteiger partial charge in [-0.2, -0.15) is 0 Å². The van der Waals surface area contributed by atoms with Crippen LogP contribution in [0.15, 0.2) is 54.7 Å². The molecular formula is C17H13FN2O. The highest BCUT2D eigenvalue weighted by Gasteiger charge is 2.12. The fourth-order valence-corrected chi connectivity index (χ4v) is 2.16. The molecule has 0 saturated carbocycles. The first-order chi connectivity index (χ1) is 10.1. The molecule has 0 bridgehead atoms. The number of carbonyl (C=O) groups is 1. The Balaban J connectivity index is 1.89. The maximum Gasteiger partial charge on any atom is 0.258 e. The van der Waals surface area contributed by atoms with E-state index in [4.69, 9.17) is 0 Å². The molecule has 1 N–H and O–H groups in total. The summed E-state index contributed by atoms with van der Waals surface area (Å²) in [7, 11) is 0. The second kappa shape index (κ2) is 5.32. The van der Waals surface area contributed by atoms with Gasteiger partial charge in [-0.15, -0.1) is 0 Å². The highest BCUT2D eigenvalue weighted by molar-refractivity contribution is 6.05. The van der Waals surface area contributed by atoms with Crippen molar-refractivity contribution in [2.24, 2.45) is 0 Å². The Labute approximate surface area is 121 Å². The summed E-state index contributed by atoms with van der Waals surface area (Å²) in [5.74, 6) is -0.981. The van der Waals surface area contributed by atoms with E-state index in [1.807, 2.05) is 24.3 Å². The lowest BCUT2D eigenvalue weighted by Crippen LogP contribution is -2.13. The van der Waals surface area contributed by atoms with Crippen molar-refractivity contribution < 1.29 is 9.18 Å². The normalized spacial score (nSPS) is 10.6. The molecule has 0 aliphatic rings. The number of benzene rings is 2. The van der Waals surface area contributed by atoms with Crippen LogP contribution in [-0.4, -0.2) is 10.9 Å². The maximum atomic E-state index is 13.8. The average Bonchev–Trinajstić information content (AvgIpc) is 2.47. The van der Waals surface area contributed by atoms with E-state index in [9.17, 15) is 9.18 Å². The van der Waals surface area contributed by atoms with Gasteiger partial charge in [0.2, 0.25) is 0 Å². The molecule has 3 rings (SSSR count). The van der Waals surface area contributed by atoms with Crippen molar-refractivity contribution in [3.63, 3.8) is 0 Å². The number of pyridine rings is 1. The van der Waals surface area contributed by atoms with Crippen molar-refractivity contribution in [1.29, 1.82) is 0 Å². The predicted molar refractivity (Wildman–Crippen MR) is 80.8 cm³/mol. The Hall–Kier alpha value is -2.75. The number of amides is 1. The number of aryl methyl sites for hydroxylation is 1. The first-order valence-corrected chi connectivity index (χ1v) is 6.56. The summed E-state index contributed by atoms with van der Waals surface area (Å²) in [6.07, 6.45) is 1.71. The lowest BCUT2D eigenvalue weighted by Gasteiger charge is -2.07. The molecule has 4 heteroatoms. The number of aromatic nitrogens is 1. The number of anilines is 1. The summed E-state index contributed by atoms with van der Waals surface area (Å²) >= 11 is 0. The van der Waals surface area contributed by atoms with E-state index in [1.54, 1.807) is 25.3 Å². The lowest BCUT2D eigenvalue weighted by atomic mass is 10.1. The van der Waals surface area contributed by atoms with Crippen LogP contribution < -0.4 is 5.32 Å². The summed E-state index contributed by atoms with van der Waals surface area (Å²) in [5, 5.41) is 3.62. The second-order valence-corrected chi connectivity index (χ2v) is 4.85. The van der Waals surface area contributed by atoms with Gasteiger partial charge in [0.1, 0.15) is 5.82 Å². The van der Waals surface area contributed by atoms with Gasteiger partial charge in [0.25, 0.3) is 5.91 Å². The summed E-state index contributed by atoms with van der Waals surface area (Å²) in [4.78, 5) is 16.3. The summed E-state index contributed by atoms with van der Waals surface area (Å²) in [5.41, 5.74) is 2.27. The largest absolute Gasteiger partial charge is 0.322 e. The third-order valence-corrected chi connectivity index (χ3v) is 3.23. The molecule has 0 atom stereocenters. The summed E-state index contributed by atoms with van der Waals surface area (Å²) < 4.78 is 13.8. The van der Waals surface area contributed by atoms with Gasteiger partial charge >= 0.3 is 0 Å². The number of fused-ring (bicyclic) bond motifs is 1. The highest BCUT2D eigenvalue weighted by atomic mass is 19.1. The van der Waals surface area contributed by atoms with Crippen LogP contribution in [0.25, 0.3) is 10.9 Å². The zero-order valence-electron chi connectivity index (χ0n) is 11.4. The van der Waals surface area contributed by atoms with E-state index in [0.717, 1.165) is 16.5 Å². The zero-order valence-corrected chi connectivity index (χ0v) is 11.4. The number of nitrogens with zero attached hydrogens (tertiary/aromatic N) is 1. The van der Waals surface area contributed by atoms with E-state index in [2.05, 4.69) is 10.3 Å². The van der Waals surface area contributed by atoms with Gasteiger partial charge in [0, 0.05) is 17.3 Å². The van der Waals surface area contributed by atoms with E-state index in [0.29, 0.717) is 5.69 Å². The molecule has 1 heterocycles. The molecule has 0 spiro atoms. The van der Waals surface area contributed by atoms with Gasteiger partial charge in [-0.3, -0.25) is 9.78 Å². The molecule has 0 aliphatic carbocycles. The maximum absolute atomic E-state index is 13.8. The fraction of sp³-hybridized carbons (Fsp3) is 0.0588. The van der Waals surface area contributed by atoms with E-state index in [-0.39, 0.29) is 5.56 Å². The van der Waals surface area contributed by atoms with Gasteiger partial charge in [-0.05, 0) is 48.9 Å². The fourth-order valence-electron chi connectivity index (χ4n) is 2.16. The van der Waals surface area contributed by atoms with Crippen LogP contribution in [0.2, 0.25) is 0 Å². The first kappa shape index (κ1) is 13.2.